The molecule has 5 nitrogen and oxygen atoms in total. The summed E-state index contributed by atoms with van der Waals surface area (Å²) in [5, 5.41) is 0.663. The molecule has 1 rings (SSSR count). The highest BCUT2D eigenvalue weighted by Crippen LogP contribution is 2.20. The fourth-order valence-corrected chi connectivity index (χ4v) is 2.91. The number of thioether (sulfide) groups is 1. The van der Waals surface area contributed by atoms with Gasteiger partial charge in [-0.3, -0.25) is 0 Å². The third-order valence-electron chi connectivity index (χ3n) is 1.97. The normalized spacial score (nSPS) is 11.6. The maximum atomic E-state index is 11.2. The third kappa shape index (κ3) is 4.36. The molecule has 16 heavy (non-hydrogen) atoms. The Balaban J connectivity index is 2.35. The van der Waals surface area contributed by atoms with Gasteiger partial charge in [-0.25, -0.2) is 18.4 Å². The highest BCUT2D eigenvalue weighted by atomic mass is 32.2. The summed E-state index contributed by atoms with van der Waals surface area (Å²) < 4.78 is 22.4. The van der Waals surface area contributed by atoms with Gasteiger partial charge in [0.15, 0.2) is 5.82 Å². The lowest BCUT2D eigenvalue weighted by atomic mass is 10.6. The second-order valence-electron chi connectivity index (χ2n) is 3.19. The van der Waals surface area contributed by atoms with E-state index in [9.17, 15) is 8.42 Å². The van der Waals surface area contributed by atoms with Crippen molar-refractivity contribution in [2.45, 2.75) is 18.4 Å². The molecule has 90 valence electrons. The van der Waals surface area contributed by atoms with Crippen LogP contribution in [0.25, 0.3) is 0 Å². The van der Waals surface area contributed by atoms with Crippen LogP contribution in [0.4, 0.5) is 5.82 Å². The van der Waals surface area contributed by atoms with Gasteiger partial charge in [-0.05, 0) is 6.42 Å². The number of sulfone groups is 1. The first-order chi connectivity index (χ1) is 7.55. The van der Waals surface area contributed by atoms with E-state index in [2.05, 4.69) is 9.97 Å². The average molecular weight is 261 g/mol. The van der Waals surface area contributed by atoms with Crippen molar-refractivity contribution < 1.29 is 8.42 Å². The highest BCUT2D eigenvalue weighted by Gasteiger charge is 2.07. The van der Waals surface area contributed by atoms with Gasteiger partial charge in [0.2, 0.25) is 0 Å². The van der Waals surface area contributed by atoms with E-state index in [0.29, 0.717) is 23.0 Å². The number of hydrogen-bond donors (Lipinski definition) is 1. The molecule has 0 saturated carbocycles. The Kier molecular flexibility index (Phi) is 5.01. The first-order valence-electron chi connectivity index (χ1n) is 4.95. The lowest BCUT2D eigenvalue weighted by Crippen LogP contribution is -2.09. The minimum absolute atomic E-state index is 0.199. The van der Waals surface area contributed by atoms with Crippen molar-refractivity contribution in [2.75, 3.05) is 23.0 Å². The minimum atomic E-state index is -2.86. The van der Waals surface area contributed by atoms with Crippen molar-refractivity contribution in [1.29, 1.82) is 0 Å². The molecule has 0 aromatic carbocycles. The van der Waals surface area contributed by atoms with Crippen LogP contribution in [-0.4, -0.2) is 35.6 Å². The zero-order valence-corrected chi connectivity index (χ0v) is 10.7. The number of nitrogens with zero attached hydrogens (tertiary/aromatic N) is 2. The predicted octanol–water partition coefficient (Wildman–Crippen LogP) is 0.976. The minimum Gasteiger partial charge on any atom is -0.381 e. The Morgan fingerprint density at radius 3 is 2.69 bits per heavy atom. The zero-order valence-electron chi connectivity index (χ0n) is 9.09. The van der Waals surface area contributed by atoms with Crippen LogP contribution in [0.15, 0.2) is 17.4 Å². The SMILES string of the molecule is CCS(=O)(=O)CCCSc1nccnc1N. The molecular formula is C9H15N3O2S2. The van der Waals surface area contributed by atoms with Crippen LogP contribution >= 0.6 is 11.8 Å². The van der Waals surface area contributed by atoms with Crippen molar-refractivity contribution in [3.63, 3.8) is 0 Å². The zero-order chi connectivity index (χ0) is 12.0. The van der Waals surface area contributed by atoms with E-state index in [1.54, 1.807) is 13.1 Å². The average Bonchev–Trinajstić information content (AvgIpc) is 2.27. The molecule has 0 radical (unpaired) electrons. The quantitative estimate of drug-likeness (QED) is 0.606. The molecule has 2 N–H and O–H groups in total. The number of hydrogen-bond acceptors (Lipinski definition) is 6. The largest absolute Gasteiger partial charge is 0.381 e. The molecule has 1 aromatic heterocycles. The van der Waals surface area contributed by atoms with Gasteiger partial charge in [-0.2, -0.15) is 0 Å². The van der Waals surface area contributed by atoms with E-state index in [4.69, 9.17) is 5.73 Å². The van der Waals surface area contributed by atoms with Gasteiger partial charge >= 0.3 is 0 Å². The van der Waals surface area contributed by atoms with E-state index in [1.165, 1.54) is 18.0 Å². The first-order valence-corrected chi connectivity index (χ1v) is 7.75. The Hall–Kier alpha value is -0.820. The molecule has 1 aromatic rings. The molecule has 0 aliphatic carbocycles. The summed E-state index contributed by atoms with van der Waals surface area (Å²) in [6, 6.07) is 0. The molecule has 0 saturated heterocycles. The summed E-state index contributed by atoms with van der Waals surface area (Å²) in [4.78, 5) is 7.96. The van der Waals surface area contributed by atoms with Gasteiger partial charge in [-0.15, -0.1) is 11.8 Å². The number of aromatic nitrogens is 2. The van der Waals surface area contributed by atoms with Crippen LogP contribution in [0, 0.1) is 0 Å². The lowest BCUT2D eigenvalue weighted by Gasteiger charge is -2.03. The summed E-state index contributed by atoms with van der Waals surface area (Å²) in [6.45, 7) is 1.66. The van der Waals surface area contributed by atoms with Crippen molar-refractivity contribution in [3.05, 3.63) is 12.4 Å². The molecule has 0 spiro atoms. The van der Waals surface area contributed by atoms with Gasteiger partial charge in [-0.1, -0.05) is 6.92 Å². The van der Waals surface area contributed by atoms with Crippen LogP contribution in [-0.2, 0) is 9.84 Å². The predicted molar refractivity (Wildman–Crippen MR) is 66.1 cm³/mol. The smallest absolute Gasteiger partial charge is 0.156 e. The Bertz CT molecular complexity index is 434. The number of rotatable bonds is 6. The number of nitrogens with two attached hydrogens (primary N) is 1. The van der Waals surface area contributed by atoms with Crippen molar-refractivity contribution in [3.8, 4) is 0 Å². The second-order valence-corrected chi connectivity index (χ2v) is 6.74. The highest BCUT2D eigenvalue weighted by molar-refractivity contribution is 7.99. The van der Waals surface area contributed by atoms with Crippen LogP contribution in [0.2, 0.25) is 0 Å². The van der Waals surface area contributed by atoms with Gasteiger partial charge in [0, 0.05) is 23.9 Å². The van der Waals surface area contributed by atoms with Crippen molar-refractivity contribution in [2.24, 2.45) is 0 Å². The van der Waals surface area contributed by atoms with Crippen LogP contribution in [0.5, 0.6) is 0 Å². The van der Waals surface area contributed by atoms with Crippen molar-refractivity contribution >= 4 is 27.4 Å². The molecule has 0 aliphatic heterocycles. The molecule has 0 atom stereocenters. The Morgan fingerprint density at radius 2 is 2.06 bits per heavy atom. The lowest BCUT2D eigenvalue weighted by molar-refractivity contribution is 0.596. The van der Waals surface area contributed by atoms with E-state index >= 15 is 0 Å². The fraction of sp³-hybridized carbons (Fsp3) is 0.556. The van der Waals surface area contributed by atoms with E-state index in [1.807, 2.05) is 0 Å². The van der Waals surface area contributed by atoms with Gasteiger partial charge < -0.3 is 5.73 Å². The van der Waals surface area contributed by atoms with Gasteiger partial charge in [0.05, 0.1) is 5.75 Å². The summed E-state index contributed by atoms with van der Waals surface area (Å²) in [6.07, 6.45) is 3.71. The maximum absolute atomic E-state index is 11.2. The maximum Gasteiger partial charge on any atom is 0.156 e. The van der Waals surface area contributed by atoms with Gasteiger partial charge in [0.25, 0.3) is 0 Å². The topological polar surface area (TPSA) is 85.9 Å². The molecule has 0 amide bonds. The molecule has 0 fully saturated rings. The van der Waals surface area contributed by atoms with E-state index in [0.717, 1.165) is 0 Å². The Labute approximate surface area is 99.8 Å². The van der Waals surface area contributed by atoms with Crippen LogP contribution in [0.3, 0.4) is 0 Å². The summed E-state index contributed by atoms with van der Waals surface area (Å²) in [5.41, 5.74) is 5.60. The summed E-state index contributed by atoms with van der Waals surface area (Å²) >= 11 is 1.44. The standard InChI is InChI=1S/C9H15N3O2S2/c1-2-16(13,14)7-3-6-15-9-8(10)11-4-5-12-9/h4-5H,2-3,6-7H2,1H3,(H2,10,11). The van der Waals surface area contributed by atoms with Crippen molar-refractivity contribution in [1.82, 2.24) is 9.97 Å². The fourth-order valence-electron chi connectivity index (χ4n) is 1.04. The molecule has 7 heteroatoms. The second kappa shape index (κ2) is 6.05. The van der Waals surface area contributed by atoms with E-state index in [-0.39, 0.29) is 11.5 Å². The molecular weight excluding hydrogens is 246 g/mol. The third-order valence-corrected chi connectivity index (χ3v) is 4.84. The van der Waals surface area contributed by atoms with Gasteiger partial charge in [0.1, 0.15) is 14.9 Å². The summed E-state index contributed by atoms with van der Waals surface area (Å²) in [5.74, 6) is 1.50. The first kappa shape index (κ1) is 13.2. The summed E-state index contributed by atoms with van der Waals surface area (Å²) in [7, 11) is -2.86. The van der Waals surface area contributed by atoms with Crippen LogP contribution < -0.4 is 5.73 Å². The monoisotopic (exact) mass is 261 g/mol. The Morgan fingerprint density at radius 1 is 1.38 bits per heavy atom. The molecule has 0 bridgehead atoms. The molecule has 0 aliphatic rings. The molecule has 1 heterocycles. The number of nitrogen functional groups attached to an aromatic ring is 1. The van der Waals surface area contributed by atoms with Crippen LogP contribution in [0.1, 0.15) is 13.3 Å². The molecule has 0 unspecified atom stereocenters. The number of anilines is 1. The van der Waals surface area contributed by atoms with E-state index < -0.39 is 9.84 Å².